The molecule has 3 rings (SSSR count). The van der Waals surface area contributed by atoms with Gasteiger partial charge in [0.15, 0.2) is 5.82 Å². The molecule has 2 aliphatic rings. The zero-order valence-electron chi connectivity index (χ0n) is 11.0. The Bertz CT molecular complexity index is 428. The average molecular weight is 264 g/mol. The lowest BCUT2D eigenvalue weighted by Gasteiger charge is -2.20. The summed E-state index contributed by atoms with van der Waals surface area (Å²) in [6.45, 7) is 0.830. The summed E-state index contributed by atoms with van der Waals surface area (Å²) < 4.78 is 5.36. The highest BCUT2D eigenvalue weighted by molar-refractivity contribution is 5.78. The van der Waals surface area contributed by atoms with Gasteiger partial charge in [-0.1, -0.05) is 30.8 Å². The first-order chi connectivity index (χ1) is 9.33. The molecule has 1 atom stereocenters. The Morgan fingerprint density at radius 2 is 1.95 bits per heavy atom. The molecule has 1 aromatic heterocycles. The van der Waals surface area contributed by atoms with Gasteiger partial charge in [-0.2, -0.15) is 4.98 Å². The first-order valence-electron chi connectivity index (χ1n) is 7.16. The summed E-state index contributed by atoms with van der Waals surface area (Å²) in [5.41, 5.74) is 0. The van der Waals surface area contributed by atoms with E-state index in [-0.39, 0.29) is 11.9 Å². The van der Waals surface area contributed by atoms with Crippen LogP contribution in [0.5, 0.6) is 0 Å². The minimum Gasteiger partial charge on any atom is -0.353 e. The van der Waals surface area contributed by atoms with Gasteiger partial charge in [-0.3, -0.25) is 10.1 Å². The largest absolute Gasteiger partial charge is 0.353 e. The van der Waals surface area contributed by atoms with Gasteiger partial charge in [0.1, 0.15) is 6.04 Å². The Morgan fingerprint density at radius 3 is 2.63 bits per heavy atom. The number of amides is 1. The average Bonchev–Trinajstić information content (AvgIpc) is 2.76. The van der Waals surface area contributed by atoms with Crippen molar-refractivity contribution in [3.63, 3.8) is 0 Å². The van der Waals surface area contributed by atoms with Crippen LogP contribution in [0, 0.1) is 0 Å². The number of carbonyl (C=O) groups is 1. The van der Waals surface area contributed by atoms with Gasteiger partial charge in [0.25, 0.3) is 0 Å². The molecular weight excluding hydrogens is 244 g/mol. The molecule has 1 unspecified atom stereocenters. The Morgan fingerprint density at radius 1 is 1.16 bits per heavy atom. The van der Waals surface area contributed by atoms with Crippen LogP contribution < -0.4 is 10.6 Å². The number of piperazine rings is 1. The SMILES string of the molecule is O=C1CNC(c2nc(C3CCCCCC3)no2)CN1. The van der Waals surface area contributed by atoms with Crippen molar-refractivity contribution in [2.45, 2.75) is 50.5 Å². The summed E-state index contributed by atoms with van der Waals surface area (Å²) in [5, 5.41) is 10.0. The van der Waals surface area contributed by atoms with Crippen LogP contribution in [0.2, 0.25) is 0 Å². The van der Waals surface area contributed by atoms with Crippen LogP contribution >= 0.6 is 0 Å². The minimum absolute atomic E-state index is 0.0137. The molecule has 1 amide bonds. The number of nitrogens with one attached hydrogen (secondary N) is 2. The fourth-order valence-corrected chi connectivity index (χ4v) is 2.83. The number of nitrogens with zero attached hydrogens (tertiary/aromatic N) is 2. The van der Waals surface area contributed by atoms with Crippen LogP contribution in [-0.4, -0.2) is 29.1 Å². The monoisotopic (exact) mass is 264 g/mol. The van der Waals surface area contributed by atoms with E-state index < -0.39 is 0 Å². The molecule has 0 aromatic carbocycles. The normalized spacial score (nSPS) is 25.9. The Hall–Kier alpha value is -1.43. The molecule has 1 aliphatic heterocycles. The van der Waals surface area contributed by atoms with Crippen LogP contribution in [0.1, 0.15) is 62.2 Å². The summed E-state index contributed by atoms with van der Waals surface area (Å²) in [7, 11) is 0. The van der Waals surface area contributed by atoms with E-state index in [1.54, 1.807) is 0 Å². The summed E-state index contributed by atoms with van der Waals surface area (Å²) in [5.74, 6) is 1.90. The first kappa shape index (κ1) is 12.6. The number of rotatable bonds is 2. The lowest BCUT2D eigenvalue weighted by atomic mass is 10.00. The predicted molar refractivity (Wildman–Crippen MR) is 68.5 cm³/mol. The van der Waals surface area contributed by atoms with Gasteiger partial charge in [0, 0.05) is 12.5 Å². The number of hydrogen-bond acceptors (Lipinski definition) is 5. The summed E-state index contributed by atoms with van der Waals surface area (Å²) in [4.78, 5) is 15.6. The van der Waals surface area contributed by atoms with Crippen molar-refractivity contribution in [3.8, 4) is 0 Å². The maximum absolute atomic E-state index is 11.1. The second-order valence-corrected chi connectivity index (χ2v) is 5.42. The second-order valence-electron chi connectivity index (χ2n) is 5.42. The van der Waals surface area contributed by atoms with Gasteiger partial charge < -0.3 is 9.84 Å². The zero-order chi connectivity index (χ0) is 13.1. The van der Waals surface area contributed by atoms with Gasteiger partial charge in [-0.05, 0) is 12.8 Å². The van der Waals surface area contributed by atoms with Crippen molar-refractivity contribution in [2.75, 3.05) is 13.1 Å². The Balaban J connectivity index is 1.66. The highest BCUT2D eigenvalue weighted by Gasteiger charge is 2.26. The van der Waals surface area contributed by atoms with Gasteiger partial charge in [0.05, 0.1) is 6.54 Å². The van der Waals surface area contributed by atoms with Gasteiger partial charge in [-0.15, -0.1) is 0 Å². The maximum atomic E-state index is 11.1. The smallest absolute Gasteiger partial charge is 0.245 e. The third-order valence-corrected chi connectivity index (χ3v) is 3.99. The van der Waals surface area contributed by atoms with E-state index in [0.29, 0.717) is 24.9 Å². The standard InChI is InChI=1S/C13H20N4O2/c18-11-8-14-10(7-15-11)13-16-12(17-19-13)9-5-3-1-2-4-6-9/h9-10,14H,1-8H2,(H,15,18). The van der Waals surface area contributed by atoms with Crippen molar-refractivity contribution < 1.29 is 9.32 Å². The number of aromatic nitrogens is 2. The van der Waals surface area contributed by atoms with E-state index in [0.717, 1.165) is 18.7 Å². The number of hydrogen-bond donors (Lipinski definition) is 2. The van der Waals surface area contributed by atoms with E-state index in [9.17, 15) is 4.79 Å². The Labute approximate surface area is 112 Å². The summed E-state index contributed by atoms with van der Waals surface area (Å²) in [6, 6.07) is -0.0512. The van der Waals surface area contributed by atoms with Gasteiger partial charge in [-0.25, -0.2) is 0 Å². The first-order valence-corrected chi connectivity index (χ1v) is 7.16. The molecule has 1 aliphatic carbocycles. The predicted octanol–water partition coefficient (Wildman–Crippen LogP) is 1.27. The molecular formula is C13H20N4O2. The molecule has 0 spiro atoms. The van der Waals surface area contributed by atoms with Crippen LogP contribution in [-0.2, 0) is 4.79 Å². The molecule has 2 heterocycles. The van der Waals surface area contributed by atoms with E-state index in [1.165, 1.54) is 25.7 Å². The molecule has 6 nitrogen and oxygen atoms in total. The topological polar surface area (TPSA) is 80.1 Å². The molecule has 104 valence electrons. The van der Waals surface area contributed by atoms with Gasteiger partial charge in [0.2, 0.25) is 11.8 Å². The third kappa shape index (κ3) is 2.94. The quantitative estimate of drug-likeness (QED) is 0.786. The maximum Gasteiger partial charge on any atom is 0.245 e. The van der Waals surface area contributed by atoms with E-state index >= 15 is 0 Å². The number of carbonyl (C=O) groups excluding carboxylic acids is 1. The lowest BCUT2D eigenvalue weighted by Crippen LogP contribution is -2.47. The van der Waals surface area contributed by atoms with Crippen molar-refractivity contribution in [1.29, 1.82) is 0 Å². The molecule has 1 saturated heterocycles. The fraction of sp³-hybridized carbons (Fsp3) is 0.769. The Kier molecular flexibility index (Phi) is 3.77. The van der Waals surface area contributed by atoms with E-state index in [1.807, 2.05) is 0 Å². The van der Waals surface area contributed by atoms with Crippen LogP contribution in [0.25, 0.3) is 0 Å². The molecule has 0 radical (unpaired) electrons. The molecule has 1 saturated carbocycles. The van der Waals surface area contributed by atoms with Crippen molar-refractivity contribution in [1.82, 2.24) is 20.8 Å². The molecule has 1 aromatic rings. The van der Waals surface area contributed by atoms with Crippen LogP contribution in [0.4, 0.5) is 0 Å². The molecule has 0 bridgehead atoms. The lowest BCUT2D eigenvalue weighted by molar-refractivity contribution is -0.121. The third-order valence-electron chi connectivity index (χ3n) is 3.99. The fourth-order valence-electron chi connectivity index (χ4n) is 2.83. The second kappa shape index (κ2) is 5.69. The summed E-state index contributed by atoms with van der Waals surface area (Å²) in [6.07, 6.45) is 7.47. The highest BCUT2D eigenvalue weighted by atomic mass is 16.5. The van der Waals surface area contributed by atoms with Crippen LogP contribution in [0.15, 0.2) is 4.52 Å². The summed E-state index contributed by atoms with van der Waals surface area (Å²) >= 11 is 0. The van der Waals surface area contributed by atoms with Crippen molar-refractivity contribution >= 4 is 5.91 Å². The molecule has 2 N–H and O–H groups in total. The van der Waals surface area contributed by atoms with Crippen molar-refractivity contribution in [2.24, 2.45) is 0 Å². The van der Waals surface area contributed by atoms with E-state index in [2.05, 4.69) is 20.8 Å². The van der Waals surface area contributed by atoms with Crippen molar-refractivity contribution in [3.05, 3.63) is 11.7 Å². The molecule has 6 heteroatoms. The minimum atomic E-state index is -0.0512. The van der Waals surface area contributed by atoms with Crippen LogP contribution in [0.3, 0.4) is 0 Å². The molecule has 19 heavy (non-hydrogen) atoms. The zero-order valence-corrected chi connectivity index (χ0v) is 11.0. The van der Waals surface area contributed by atoms with Gasteiger partial charge >= 0.3 is 0 Å². The molecule has 2 fully saturated rings. The highest BCUT2D eigenvalue weighted by Crippen LogP contribution is 2.30. The van der Waals surface area contributed by atoms with E-state index in [4.69, 9.17) is 4.52 Å².